The topological polar surface area (TPSA) is 35.5 Å². The van der Waals surface area contributed by atoms with Crippen molar-refractivity contribution in [2.24, 2.45) is 0 Å². The normalized spacial score (nSPS) is 13.7. The van der Waals surface area contributed by atoms with Crippen molar-refractivity contribution in [1.82, 2.24) is 0 Å². The number of hydrogen-bond donors (Lipinski definition) is 0. The molecule has 0 aliphatic rings. The molecule has 3 nitrogen and oxygen atoms in total. The largest absolute Gasteiger partial charge is 0.467 e. The Kier molecular flexibility index (Phi) is 7.37. The number of ether oxygens (including phenoxy) is 2. The zero-order valence-electron chi connectivity index (χ0n) is 16.4. The molecular weight excluding hydrogens is 343 g/mol. The lowest BCUT2D eigenvalue weighted by molar-refractivity contribution is 0.0495. The van der Waals surface area contributed by atoms with Crippen molar-refractivity contribution in [1.29, 1.82) is 0 Å². The zero-order valence-corrected chi connectivity index (χ0v) is 17.4. The Morgan fingerprint density at radius 1 is 1.19 bits per heavy atom. The van der Waals surface area contributed by atoms with Gasteiger partial charge >= 0.3 is 0 Å². The minimum atomic E-state index is -0.103. The maximum atomic E-state index is 11.5. The van der Waals surface area contributed by atoms with E-state index in [1.54, 1.807) is 7.11 Å². The molecule has 0 fully saturated rings. The minimum absolute atomic E-state index is 0.103. The van der Waals surface area contributed by atoms with Crippen molar-refractivity contribution in [3.63, 3.8) is 0 Å². The summed E-state index contributed by atoms with van der Waals surface area (Å²) >= 11 is 0. The summed E-state index contributed by atoms with van der Waals surface area (Å²) in [5.41, 5.74) is 4.32. The molecule has 0 saturated carbocycles. The van der Waals surface area contributed by atoms with E-state index >= 15 is 0 Å². The van der Waals surface area contributed by atoms with Crippen molar-refractivity contribution >= 4 is 20.2 Å². The molecule has 0 aliphatic heterocycles. The molecule has 2 aromatic carbocycles. The molecule has 0 N–H and O–H groups in total. The van der Waals surface area contributed by atoms with Crippen LogP contribution >= 0.6 is 8.58 Å². The van der Waals surface area contributed by atoms with E-state index in [4.69, 9.17) is 9.47 Å². The zero-order chi connectivity index (χ0) is 19.2. The molecule has 26 heavy (non-hydrogen) atoms. The Bertz CT molecular complexity index is 757. The molecule has 0 spiro atoms. The summed E-state index contributed by atoms with van der Waals surface area (Å²) in [6.07, 6.45) is 3.03. The average molecular weight is 372 g/mol. The molecule has 0 heterocycles. The fraction of sp³-hybridized carbons (Fsp3) is 0.409. The van der Waals surface area contributed by atoms with Crippen molar-refractivity contribution < 1.29 is 14.3 Å². The second kappa shape index (κ2) is 9.30. The third-order valence-corrected chi connectivity index (χ3v) is 6.38. The van der Waals surface area contributed by atoms with Crippen molar-refractivity contribution in [3.05, 3.63) is 58.7 Å². The Balaban J connectivity index is 2.56. The number of carbonyl (C=O) groups excluding carboxylic acids is 1. The molecule has 2 unspecified atom stereocenters. The van der Waals surface area contributed by atoms with Gasteiger partial charge in [-0.1, -0.05) is 70.8 Å². The van der Waals surface area contributed by atoms with E-state index in [0.29, 0.717) is 8.58 Å². The highest BCUT2D eigenvalue weighted by Gasteiger charge is 2.31. The van der Waals surface area contributed by atoms with Crippen molar-refractivity contribution in [3.8, 4) is 5.75 Å². The van der Waals surface area contributed by atoms with Gasteiger partial charge in [0, 0.05) is 23.4 Å². The third-order valence-electron chi connectivity index (χ3n) is 4.58. The second-order valence-electron chi connectivity index (χ2n) is 6.92. The van der Waals surface area contributed by atoms with Crippen LogP contribution < -0.4 is 10.0 Å². The SMILES string of the molecule is CCCC(C)(Pc1ccccc1C=O)c1cc(C)cc(C)c1OCOC. The summed E-state index contributed by atoms with van der Waals surface area (Å²) in [4.78, 5) is 11.5. The molecule has 4 heteroatoms. The summed E-state index contributed by atoms with van der Waals surface area (Å²) < 4.78 is 11.1. The van der Waals surface area contributed by atoms with Crippen LogP contribution in [0.25, 0.3) is 0 Å². The van der Waals surface area contributed by atoms with Gasteiger partial charge in [0.1, 0.15) is 5.75 Å². The number of carbonyl (C=O) groups is 1. The lowest BCUT2D eigenvalue weighted by Gasteiger charge is -2.33. The molecule has 0 saturated heterocycles. The summed E-state index contributed by atoms with van der Waals surface area (Å²) in [5.74, 6) is 0.907. The van der Waals surface area contributed by atoms with Crippen LogP contribution in [0.15, 0.2) is 36.4 Å². The molecule has 2 aromatic rings. The van der Waals surface area contributed by atoms with E-state index in [1.165, 1.54) is 11.1 Å². The summed E-state index contributed by atoms with van der Waals surface area (Å²) in [6.45, 7) is 8.91. The summed E-state index contributed by atoms with van der Waals surface area (Å²) in [7, 11) is 2.12. The maximum Gasteiger partial charge on any atom is 0.188 e. The molecule has 0 amide bonds. The quantitative estimate of drug-likeness (QED) is 0.348. The Morgan fingerprint density at radius 2 is 1.92 bits per heavy atom. The van der Waals surface area contributed by atoms with Gasteiger partial charge in [0.15, 0.2) is 13.1 Å². The van der Waals surface area contributed by atoms with E-state index in [0.717, 1.165) is 41.3 Å². The van der Waals surface area contributed by atoms with Gasteiger partial charge in [-0.15, -0.1) is 0 Å². The van der Waals surface area contributed by atoms with Crippen molar-refractivity contribution in [2.45, 2.75) is 45.7 Å². The van der Waals surface area contributed by atoms with Crippen LogP contribution in [0.3, 0.4) is 0 Å². The van der Waals surface area contributed by atoms with E-state index in [1.807, 2.05) is 18.2 Å². The predicted molar refractivity (Wildman–Crippen MR) is 110 cm³/mol. The van der Waals surface area contributed by atoms with Gasteiger partial charge in [-0.05, 0) is 31.1 Å². The van der Waals surface area contributed by atoms with Crippen LogP contribution in [0.2, 0.25) is 0 Å². The Morgan fingerprint density at radius 3 is 2.58 bits per heavy atom. The first kappa shape index (κ1) is 20.6. The fourth-order valence-corrected chi connectivity index (χ4v) is 5.20. The number of aldehydes is 1. The van der Waals surface area contributed by atoms with Gasteiger partial charge < -0.3 is 9.47 Å². The predicted octanol–water partition coefficient (Wildman–Crippen LogP) is 5.12. The molecule has 140 valence electrons. The second-order valence-corrected chi connectivity index (χ2v) is 8.81. The third kappa shape index (κ3) is 4.72. The molecule has 2 atom stereocenters. The van der Waals surface area contributed by atoms with E-state index in [9.17, 15) is 4.79 Å². The van der Waals surface area contributed by atoms with Gasteiger partial charge in [-0.2, -0.15) is 0 Å². The van der Waals surface area contributed by atoms with Gasteiger partial charge in [-0.25, -0.2) is 0 Å². The van der Waals surface area contributed by atoms with Gasteiger partial charge in [0.25, 0.3) is 0 Å². The van der Waals surface area contributed by atoms with E-state index in [2.05, 4.69) is 45.9 Å². The first-order valence-corrected chi connectivity index (χ1v) is 10.0. The summed E-state index contributed by atoms with van der Waals surface area (Å²) in [5, 5.41) is 1.00. The maximum absolute atomic E-state index is 11.5. The summed E-state index contributed by atoms with van der Waals surface area (Å²) in [6, 6.07) is 12.2. The van der Waals surface area contributed by atoms with Crippen molar-refractivity contribution in [2.75, 3.05) is 13.9 Å². The monoisotopic (exact) mass is 372 g/mol. The standard InChI is InChI=1S/C22H29O3P/c1-6-11-22(4,26-20-10-8-7-9-18(20)14-23)19-13-16(2)12-17(3)21(19)25-15-24-5/h7-10,12-14,26H,6,11,15H2,1-5H3. The smallest absolute Gasteiger partial charge is 0.188 e. The highest BCUT2D eigenvalue weighted by molar-refractivity contribution is 7.48. The van der Waals surface area contributed by atoms with Gasteiger partial charge in [-0.3, -0.25) is 4.79 Å². The van der Waals surface area contributed by atoms with Crippen LogP contribution in [0.4, 0.5) is 0 Å². The molecule has 0 radical (unpaired) electrons. The molecule has 2 rings (SSSR count). The molecule has 0 aliphatic carbocycles. The highest BCUT2D eigenvalue weighted by Crippen LogP contribution is 2.49. The van der Waals surface area contributed by atoms with E-state index < -0.39 is 0 Å². The Labute approximate surface area is 158 Å². The van der Waals surface area contributed by atoms with E-state index in [-0.39, 0.29) is 11.9 Å². The fourth-order valence-electron chi connectivity index (χ4n) is 3.45. The molecular formula is C22H29O3P. The van der Waals surface area contributed by atoms with Gasteiger partial charge in [0.2, 0.25) is 0 Å². The lowest BCUT2D eigenvalue weighted by Crippen LogP contribution is -2.22. The number of benzene rings is 2. The number of rotatable bonds is 9. The minimum Gasteiger partial charge on any atom is -0.467 e. The van der Waals surface area contributed by atoms with Gasteiger partial charge in [0.05, 0.1) is 0 Å². The van der Waals surface area contributed by atoms with Crippen LogP contribution in [0.5, 0.6) is 5.75 Å². The van der Waals surface area contributed by atoms with Crippen LogP contribution in [0, 0.1) is 13.8 Å². The first-order valence-electron chi connectivity index (χ1n) is 9.01. The lowest BCUT2D eigenvalue weighted by atomic mass is 9.91. The van der Waals surface area contributed by atoms with Crippen LogP contribution in [-0.4, -0.2) is 20.2 Å². The molecule has 0 bridgehead atoms. The Hall–Kier alpha value is -1.70. The number of aryl methyl sites for hydroxylation is 2. The molecule has 0 aromatic heterocycles. The first-order chi connectivity index (χ1) is 12.4. The number of hydrogen-bond acceptors (Lipinski definition) is 3. The van der Waals surface area contributed by atoms with Crippen LogP contribution in [-0.2, 0) is 9.89 Å². The number of methoxy groups -OCH3 is 1. The highest BCUT2D eigenvalue weighted by atomic mass is 31.1. The average Bonchev–Trinajstić information content (AvgIpc) is 2.61. The van der Waals surface area contributed by atoms with Crippen LogP contribution in [0.1, 0.15) is 53.7 Å².